The maximum absolute atomic E-state index is 13.2. The summed E-state index contributed by atoms with van der Waals surface area (Å²) in [6, 6.07) is 1.48. The summed E-state index contributed by atoms with van der Waals surface area (Å²) in [5.74, 6) is -2.98. The lowest BCUT2D eigenvalue weighted by Crippen LogP contribution is -2.39. The zero-order valence-electron chi connectivity index (χ0n) is 12.2. The van der Waals surface area contributed by atoms with Gasteiger partial charge in [-0.1, -0.05) is 13.8 Å². The standard InChI is InChI=1S/C14H19F2N3O2/c1-8(2)6-18-13(20)7-19(3)14(21)9-4-10(15)11(16)5-12(9)17/h4-5,8H,6-7,17H2,1-3H3,(H,18,20). The molecule has 0 atom stereocenters. The minimum absolute atomic E-state index is 0.173. The summed E-state index contributed by atoms with van der Waals surface area (Å²) < 4.78 is 26.1. The maximum atomic E-state index is 13.2. The van der Waals surface area contributed by atoms with E-state index in [1.807, 2.05) is 13.8 Å². The molecule has 1 aromatic carbocycles. The Bertz CT molecular complexity index is 547. The van der Waals surface area contributed by atoms with Crippen molar-refractivity contribution in [2.45, 2.75) is 13.8 Å². The van der Waals surface area contributed by atoms with Crippen LogP contribution in [0.25, 0.3) is 0 Å². The summed E-state index contributed by atoms with van der Waals surface area (Å²) >= 11 is 0. The van der Waals surface area contributed by atoms with Gasteiger partial charge in [-0.15, -0.1) is 0 Å². The van der Waals surface area contributed by atoms with E-state index < -0.39 is 17.5 Å². The van der Waals surface area contributed by atoms with Crippen LogP contribution >= 0.6 is 0 Å². The van der Waals surface area contributed by atoms with E-state index in [0.717, 1.165) is 17.0 Å². The normalized spacial score (nSPS) is 10.6. The fourth-order valence-electron chi connectivity index (χ4n) is 1.61. The molecule has 0 aliphatic rings. The Morgan fingerprint density at radius 2 is 1.86 bits per heavy atom. The summed E-state index contributed by atoms with van der Waals surface area (Å²) in [4.78, 5) is 24.8. The Kier molecular flexibility index (Phi) is 5.63. The maximum Gasteiger partial charge on any atom is 0.256 e. The van der Waals surface area contributed by atoms with Crippen molar-refractivity contribution in [2.24, 2.45) is 5.92 Å². The highest BCUT2D eigenvalue weighted by Crippen LogP contribution is 2.18. The van der Waals surface area contributed by atoms with Gasteiger partial charge in [-0.2, -0.15) is 0 Å². The Morgan fingerprint density at radius 1 is 1.29 bits per heavy atom. The van der Waals surface area contributed by atoms with E-state index in [4.69, 9.17) is 5.73 Å². The zero-order valence-corrected chi connectivity index (χ0v) is 12.2. The van der Waals surface area contributed by atoms with Crippen molar-refractivity contribution < 1.29 is 18.4 Å². The molecule has 7 heteroatoms. The lowest BCUT2D eigenvalue weighted by molar-refractivity contribution is -0.121. The van der Waals surface area contributed by atoms with Gasteiger partial charge >= 0.3 is 0 Å². The molecule has 0 radical (unpaired) electrons. The van der Waals surface area contributed by atoms with Crippen LogP contribution in [0.3, 0.4) is 0 Å². The van der Waals surface area contributed by atoms with Crippen LogP contribution in [0.15, 0.2) is 12.1 Å². The van der Waals surface area contributed by atoms with Gasteiger partial charge in [0.2, 0.25) is 5.91 Å². The van der Waals surface area contributed by atoms with Crippen molar-refractivity contribution in [2.75, 3.05) is 25.9 Å². The Hall–Kier alpha value is -2.18. The number of nitrogens with zero attached hydrogens (tertiary/aromatic N) is 1. The number of nitrogen functional groups attached to an aromatic ring is 1. The molecule has 0 aliphatic carbocycles. The smallest absolute Gasteiger partial charge is 0.256 e. The molecule has 0 heterocycles. The topological polar surface area (TPSA) is 75.4 Å². The molecule has 0 spiro atoms. The molecule has 0 fully saturated rings. The lowest BCUT2D eigenvalue weighted by Gasteiger charge is -2.18. The molecule has 116 valence electrons. The molecule has 0 saturated heterocycles. The Labute approximate surface area is 122 Å². The number of nitrogens with one attached hydrogen (secondary N) is 1. The third-order valence-corrected chi connectivity index (χ3v) is 2.76. The second kappa shape index (κ2) is 7.01. The third kappa shape index (κ3) is 4.70. The summed E-state index contributed by atoms with van der Waals surface area (Å²) in [7, 11) is 1.39. The number of anilines is 1. The number of hydrogen-bond donors (Lipinski definition) is 2. The molecule has 0 saturated carbocycles. The van der Waals surface area contributed by atoms with Crippen LogP contribution in [-0.4, -0.2) is 36.9 Å². The first-order valence-corrected chi connectivity index (χ1v) is 6.49. The number of rotatable bonds is 5. The molecule has 1 rings (SSSR count). The van der Waals surface area contributed by atoms with Gasteiger partial charge in [0.25, 0.3) is 5.91 Å². The van der Waals surface area contributed by atoms with Gasteiger partial charge < -0.3 is 16.0 Å². The quantitative estimate of drug-likeness (QED) is 0.807. The van der Waals surface area contributed by atoms with Gasteiger partial charge in [-0.3, -0.25) is 9.59 Å². The van der Waals surface area contributed by atoms with E-state index in [2.05, 4.69) is 5.32 Å². The minimum atomic E-state index is -1.16. The van der Waals surface area contributed by atoms with Crippen LogP contribution in [0, 0.1) is 17.6 Å². The molecule has 5 nitrogen and oxygen atoms in total. The summed E-state index contributed by atoms with van der Waals surface area (Å²) in [5, 5.41) is 2.66. The third-order valence-electron chi connectivity index (χ3n) is 2.76. The average Bonchev–Trinajstić information content (AvgIpc) is 2.39. The van der Waals surface area contributed by atoms with Gasteiger partial charge in [-0.25, -0.2) is 8.78 Å². The number of benzene rings is 1. The van der Waals surface area contributed by atoms with E-state index in [-0.39, 0.29) is 29.6 Å². The predicted octanol–water partition coefficient (Wildman–Crippen LogP) is 1.39. The molecular formula is C14H19F2N3O2. The number of nitrogens with two attached hydrogens (primary N) is 1. The van der Waals surface area contributed by atoms with Crippen molar-refractivity contribution in [3.05, 3.63) is 29.3 Å². The van der Waals surface area contributed by atoms with Crippen molar-refractivity contribution in [1.82, 2.24) is 10.2 Å². The minimum Gasteiger partial charge on any atom is -0.398 e. The van der Waals surface area contributed by atoms with Gasteiger partial charge in [0.1, 0.15) is 0 Å². The summed E-state index contributed by atoms with van der Waals surface area (Å²) in [5.41, 5.74) is 5.16. The van der Waals surface area contributed by atoms with Crippen molar-refractivity contribution in [3.8, 4) is 0 Å². The number of likely N-dealkylation sites (N-methyl/N-ethyl adjacent to an activating group) is 1. The second-order valence-electron chi connectivity index (χ2n) is 5.21. The van der Waals surface area contributed by atoms with Gasteiger partial charge in [0, 0.05) is 25.3 Å². The first-order valence-electron chi connectivity index (χ1n) is 6.49. The van der Waals surface area contributed by atoms with Crippen molar-refractivity contribution in [3.63, 3.8) is 0 Å². The monoisotopic (exact) mass is 299 g/mol. The largest absolute Gasteiger partial charge is 0.398 e. The molecule has 0 aliphatic heterocycles. The molecule has 21 heavy (non-hydrogen) atoms. The number of amides is 2. The van der Waals surface area contributed by atoms with Gasteiger partial charge in [0.15, 0.2) is 11.6 Å². The number of hydrogen-bond acceptors (Lipinski definition) is 3. The SMILES string of the molecule is CC(C)CNC(=O)CN(C)C(=O)c1cc(F)c(F)cc1N. The zero-order chi connectivity index (χ0) is 16.2. The average molecular weight is 299 g/mol. The Balaban J connectivity index is 2.75. The van der Waals surface area contributed by atoms with E-state index >= 15 is 0 Å². The van der Waals surface area contributed by atoms with E-state index in [9.17, 15) is 18.4 Å². The van der Waals surface area contributed by atoms with E-state index in [0.29, 0.717) is 6.54 Å². The number of carbonyl (C=O) groups is 2. The van der Waals surface area contributed by atoms with Crippen LogP contribution in [-0.2, 0) is 4.79 Å². The molecule has 0 bridgehead atoms. The Morgan fingerprint density at radius 3 is 2.43 bits per heavy atom. The van der Waals surface area contributed by atoms with Crippen LogP contribution in [0.2, 0.25) is 0 Å². The first kappa shape index (κ1) is 16.9. The number of carbonyl (C=O) groups excluding carboxylic acids is 2. The van der Waals surface area contributed by atoms with E-state index in [1.54, 1.807) is 0 Å². The van der Waals surface area contributed by atoms with Crippen LogP contribution < -0.4 is 11.1 Å². The highest BCUT2D eigenvalue weighted by atomic mass is 19.2. The van der Waals surface area contributed by atoms with E-state index in [1.165, 1.54) is 7.05 Å². The van der Waals surface area contributed by atoms with Gasteiger partial charge in [0.05, 0.1) is 12.1 Å². The van der Waals surface area contributed by atoms with Crippen LogP contribution in [0.4, 0.5) is 14.5 Å². The fraction of sp³-hybridized carbons (Fsp3) is 0.429. The molecule has 0 unspecified atom stereocenters. The molecule has 1 aromatic rings. The fourth-order valence-corrected chi connectivity index (χ4v) is 1.61. The molecule has 0 aromatic heterocycles. The van der Waals surface area contributed by atoms with Crippen LogP contribution in [0.1, 0.15) is 24.2 Å². The highest BCUT2D eigenvalue weighted by molar-refractivity contribution is 6.00. The van der Waals surface area contributed by atoms with Gasteiger partial charge in [-0.05, 0) is 12.0 Å². The molecule has 2 amide bonds. The van der Waals surface area contributed by atoms with Crippen LogP contribution in [0.5, 0.6) is 0 Å². The number of halogens is 2. The molecule has 3 N–H and O–H groups in total. The lowest BCUT2D eigenvalue weighted by atomic mass is 10.1. The first-order chi connectivity index (χ1) is 9.72. The molecular weight excluding hydrogens is 280 g/mol. The predicted molar refractivity (Wildman–Crippen MR) is 75.6 cm³/mol. The summed E-state index contributed by atoms with van der Waals surface area (Å²) in [6.07, 6.45) is 0. The van der Waals surface area contributed by atoms with Crippen molar-refractivity contribution in [1.29, 1.82) is 0 Å². The second-order valence-corrected chi connectivity index (χ2v) is 5.21. The summed E-state index contributed by atoms with van der Waals surface area (Å²) in [6.45, 7) is 4.19. The highest BCUT2D eigenvalue weighted by Gasteiger charge is 2.19. The van der Waals surface area contributed by atoms with Crippen molar-refractivity contribution >= 4 is 17.5 Å².